The van der Waals surface area contributed by atoms with Crippen LogP contribution in [0.4, 0.5) is 11.6 Å². The van der Waals surface area contributed by atoms with Crippen LogP contribution >= 0.6 is 11.6 Å². The number of aryl methyl sites for hydroxylation is 1. The summed E-state index contributed by atoms with van der Waals surface area (Å²) in [5.74, 6) is 1.31. The van der Waals surface area contributed by atoms with Crippen LogP contribution in [0.3, 0.4) is 0 Å². The fraction of sp³-hybridized carbons (Fsp3) is 0.286. The molecule has 1 aliphatic heterocycles. The quantitative estimate of drug-likeness (QED) is 0.664. The molecule has 148 valence electrons. The van der Waals surface area contributed by atoms with Crippen LogP contribution in [0.5, 0.6) is 0 Å². The highest BCUT2D eigenvalue weighted by molar-refractivity contribution is 6.30. The first-order chi connectivity index (χ1) is 14.2. The third-order valence-electron chi connectivity index (χ3n) is 4.90. The maximum absolute atomic E-state index is 12.9. The van der Waals surface area contributed by atoms with E-state index in [1.165, 1.54) is 0 Å². The zero-order chi connectivity index (χ0) is 20.1. The lowest BCUT2D eigenvalue weighted by Gasteiger charge is -2.24. The summed E-state index contributed by atoms with van der Waals surface area (Å²) in [4.78, 5) is 32.0. The number of hydrogen-bond acceptors (Lipinski definition) is 6. The molecule has 0 bridgehead atoms. The predicted molar refractivity (Wildman–Crippen MR) is 111 cm³/mol. The Balaban J connectivity index is 1.43. The fourth-order valence-corrected chi connectivity index (χ4v) is 3.77. The molecule has 0 spiro atoms. The number of rotatable bonds is 6. The number of hydrogen-bond donors (Lipinski definition) is 1. The standard InChI is InChI=1S/C21H21ClN6O/c22-16-4-1-3-15(11-16)6-7-21(29)28-10-2-5-18(28)17-12-24-14-20(26-17)27-19-13-23-8-9-25-19/h1,3-4,8-9,11-14,18H,2,5-7,10H2,(H,25,26,27)/t18-/m0/s1. The maximum Gasteiger partial charge on any atom is 0.223 e. The number of aromatic nitrogens is 4. The lowest BCUT2D eigenvalue weighted by molar-refractivity contribution is -0.132. The lowest BCUT2D eigenvalue weighted by atomic mass is 10.1. The van der Waals surface area contributed by atoms with Crippen LogP contribution in [0.2, 0.25) is 5.02 Å². The van der Waals surface area contributed by atoms with Crippen molar-refractivity contribution >= 4 is 29.1 Å². The van der Waals surface area contributed by atoms with E-state index in [-0.39, 0.29) is 11.9 Å². The number of carbonyl (C=O) groups excluding carboxylic acids is 1. The van der Waals surface area contributed by atoms with Gasteiger partial charge < -0.3 is 10.2 Å². The SMILES string of the molecule is O=C(CCc1cccc(Cl)c1)N1CCC[C@H]1c1cncc(Nc2cnccn2)n1. The summed E-state index contributed by atoms with van der Waals surface area (Å²) < 4.78 is 0. The molecular weight excluding hydrogens is 388 g/mol. The van der Waals surface area contributed by atoms with Gasteiger partial charge in [0, 0.05) is 30.4 Å². The Kier molecular flexibility index (Phi) is 5.95. The molecule has 1 saturated heterocycles. The van der Waals surface area contributed by atoms with Crippen molar-refractivity contribution < 1.29 is 4.79 Å². The van der Waals surface area contributed by atoms with Crippen LogP contribution in [0, 0.1) is 0 Å². The minimum Gasteiger partial charge on any atom is -0.334 e. The van der Waals surface area contributed by atoms with Crippen molar-refractivity contribution in [1.82, 2.24) is 24.8 Å². The second-order valence-corrected chi connectivity index (χ2v) is 7.36. The Hall–Kier alpha value is -3.06. The van der Waals surface area contributed by atoms with Gasteiger partial charge in [0.25, 0.3) is 0 Å². The van der Waals surface area contributed by atoms with Gasteiger partial charge >= 0.3 is 0 Å². The van der Waals surface area contributed by atoms with Gasteiger partial charge in [-0.1, -0.05) is 23.7 Å². The number of likely N-dealkylation sites (tertiary alicyclic amines) is 1. The molecule has 2 aromatic heterocycles. The van der Waals surface area contributed by atoms with Crippen LogP contribution in [-0.4, -0.2) is 37.3 Å². The van der Waals surface area contributed by atoms with Crippen molar-refractivity contribution in [3.8, 4) is 0 Å². The molecule has 3 aromatic rings. The first-order valence-electron chi connectivity index (χ1n) is 9.58. The Labute approximate surface area is 174 Å². The van der Waals surface area contributed by atoms with E-state index >= 15 is 0 Å². The van der Waals surface area contributed by atoms with E-state index in [1.54, 1.807) is 31.0 Å². The van der Waals surface area contributed by atoms with Crippen molar-refractivity contribution in [1.29, 1.82) is 0 Å². The molecule has 0 aliphatic carbocycles. The van der Waals surface area contributed by atoms with Crippen LogP contribution in [0.25, 0.3) is 0 Å². The molecule has 1 amide bonds. The predicted octanol–water partition coefficient (Wildman–Crippen LogP) is 3.96. The van der Waals surface area contributed by atoms with E-state index < -0.39 is 0 Å². The van der Waals surface area contributed by atoms with E-state index in [0.717, 1.165) is 30.6 Å². The summed E-state index contributed by atoms with van der Waals surface area (Å²) >= 11 is 6.04. The smallest absolute Gasteiger partial charge is 0.223 e. The van der Waals surface area contributed by atoms with Crippen molar-refractivity contribution in [2.24, 2.45) is 0 Å². The first-order valence-corrected chi connectivity index (χ1v) is 9.96. The van der Waals surface area contributed by atoms with Crippen LogP contribution in [0.15, 0.2) is 55.2 Å². The van der Waals surface area contributed by atoms with Crippen molar-refractivity contribution in [3.05, 3.63) is 71.5 Å². The van der Waals surface area contributed by atoms with Gasteiger partial charge in [-0.3, -0.25) is 14.8 Å². The molecular formula is C21H21ClN6O. The number of nitrogens with one attached hydrogen (secondary N) is 1. The molecule has 29 heavy (non-hydrogen) atoms. The molecule has 1 N–H and O–H groups in total. The summed E-state index contributed by atoms with van der Waals surface area (Å²) in [6.07, 6.45) is 11.2. The molecule has 1 atom stereocenters. The third-order valence-corrected chi connectivity index (χ3v) is 5.14. The number of anilines is 2. The molecule has 0 saturated carbocycles. The molecule has 0 radical (unpaired) electrons. The van der Waals surface area contributed by atoms with E-state index in [2.05, 4.69) is 25.3 Å². The molecule has 1 fully saturated rings. The average molecular weight is 409 g/mol. The highest BCUT2D eigenvalue weighted by atomic mass is 35.5. The van der Waals surface area contributed by atoms with Gasteiger partial charge in [0.05, 0.1) is 30.3 Å². The average Bonchev–Trinajstić information content (AvgIpc) is 3.23. The normalized spacial score (nSPS) is 16.0. The molecule has 3 heterocycles. The van der Waals surface area contributed by atoms with Crippen molar-refractivity contribution in [3.63, 3.8) is 0 Å². The van der Waals surface area contributed by atoms with E-state index in [9.17, 15) is 4.79 Å². The lowest BCUT2D eigenvalue weighted by Crippen LogP contribution is -2.31. The molecule has 1 aromatic carbocycles. The van der Waals surface area contributed by atoms with Crippen LogP contribution in [0.1, 0.15) is 36.6 Å². The third kappa shape index (κ3) is 4.86. The molecule has 4 rings (SSSR count). The number of benzene rings is 1. The summed E-state index contributed by atoms with van der Waals surface area (Å²) in [5.41, 5.74) is 1.85. The molecule has 8 heteroatoms. The Morgan fingerprint density at radius 2 is 2.07 bits per heavy atom. The number of halogens is 1. The second-order valence-electron chi connectivity index (χ2n) is 6.92. The van der Waals surface area contributed by atoms with Gasteiger partial charge in [-0.2, -0.15) is 0 Å². The van der Waals surface area contributed by atoms with Gasteiger partial charge in [0.15, 0.2) is 0 Å². The van der Waals surface area contributed by atoms with Crippen molar-refractivity contribution in [2.45, 2.75) is 31.7 Å². The zero-order valence-electron chi connectivity index (χ0n) is 15.8. The molecule has 1 aliphatic rings. The monoisotopic (exact) mass is 408 g/mol. The van der Waals surface area contributed by atoms with Gasteiger partial charge in [0.2, 0.25) is 5.91 Å². The fourth-order valence-electron chi connectivity index (χ4n) is 3.56. The highest BCUT2D eigenvalue weighted by Gasteiger charge is 2.31. The van der Waals surface area contributed by atoms with E-state index in [1.807, 2.05) is 29.2 Å². The molecule has 7 nitrogen and oxygen atoms in total. The minimum absolute atomic E-state index is 0.0574. The van der Waals surface area contributed by atoms with Gasteiger partial charge in [-0.25, -0.2) is 9.97 Å². The number of carbonyl (C=O) groups is 1. The topological polar surface area (TPSA) is 83.9 Å². The van der Waals surface area contributed by atoms with E-state index in [0.29, 0.717) is 29.5 Å². The summed E-state index contributed by atoms with van der Waals surface area (Å²) in [6, 6.07) is 7.59. The Bertz CT molecular complexity index is 984. The highest BCUT2D eigenvalue weighted by Crippen LogP contribution is 2.32. The summed E-state index contributed by atoms with van der Waals surface area (Å²) in [7, 11) is 0. The zero-order valence-corrected chi connectivity index (χ0v) is 16.6. The second kappa shape index (κ2) is 8.96. The number of amides is 1. The van der Waals surface area contributed by atoms with Crippen molar-refractivity contribution in [2.75, 3.05) is 11.9 Å². The van der Waals surface area contributed by atoms with Gasteiger partial charge in [-0.15, -0.1) is 0 Å². The Morgan fingerprint density at radius 3 is 2.90 bits per heavy atom. The van der Waals surface area contributed by atoms with Crippen LogP contribution in [-0.2, 0) is 11.2 Å². The van der Waals surface area contributed by atoms with E-state index in [4.69, 9.17) is 11.6 Å². The number of nitrogens with zero attached hydrogens (tertiary/aromatic N) is 5. The largest absolute Gasteiger partial charge is 0.334 e. The summed E-state index contributed by atoms with van der Waals surface area (Å²) in [5, 5.41) is 3.79. The maximum atomic E-state index is 12.9. The Morgan fingerprint density at radius 1 is 1.17 bits per heavy atom. The molecule has 0 unspecified atom stereocenters. The van der Waals surface area contributed by atoms with Crippen LogP contribution < -0.4 is 5.32 Å². The van der Waals surface area contributed by atoms with Gasteiger partial charge in [-0.05, 0) is 37.0 Å². The van der Waals surface area contributed by atoms with Gasteiger partial charge in [0.1, 0.15) is 11.6 Å². The first kappa shape index (κ1) is 19.3. The minimum atomic E-state index is -0.0574. The summed E-state index contributed by atoms with van der Waals surface area (Å²) in [6.45, 7) is 0.739.